The third kappa shape index (κ3) is 15.7. The zero-order chi connectivity index (χ0) is 38.5. The molecule has 0 saturated heterocycles. The summed E-state index contributed by atoms with van der Waals surface area (Å²) < 4.78 is 58.5. The first kappa shape index (κ1) is 43.5. The molecule has 3 aromatic rings. The molecule has 51 heavy (non-hydrogen) atoms. The van der Waals surface area contributed by atoms with E-state index in [4.69, 9.17) is 26.8 Å². The van der Waals surface area contributed by atoms with Crippen molar-refractivity contribution in [2.75, 3.05) is 26.4 Å². The fourth-order valence-corrected chi connectivity index (χ4v) is 3.93. The summed E-state index contributed by atoms with van der Waals surface area (Å²) in [6.45, 7) is 10.8. The van der Waals surface area contributed by atoms with Gasteiger partial charge >= 0.3 is 23.9 Å². The number of aromatic nitrogens is 1. The topological polar surface area (TPSA) is 161 Å². The minimum absolute atomic E-state index is 0.00561. The van der Waals surface area contributed by atoms with Crippen molar-refractivity contribution in [3.63, 3.8) is 0 Å². The van der Waals surface area contributed by atoms with E-state index in [1.54, 1.807) is 39.8 Å². The largest absolute Gasteiger partial charge is 0.463 e. The number of nitrogens with two attached hydrogens (primary N) is 1. The van der Waals surface area contributed by atoms with Gasteiger partial charge in [0, 0.05) is 25.1 Å². The van der Waals surface area contributed by atoms with Crippen molar-refractivity contribution in [2.24, 2.45) is 5.73 Å². The first-order valence-electron chi connectivity index (χ1n) is 15.4. The molecule has 0 saturated carbocycles. The summed E-state index contributed by atoms with van der Waals surface area (Å²) in [5.41, 5.74) is 6.64. The van der Waals surface area contributed by atoms with Crippen LogP contribution < -0.4 is 5.73 Å². The van der Waals surface area contributed by atoms with Gasteiger partial charge in [-0.05, 0) is 74.2 Å². The highest BCUT2D eigenvalue weighted by atomic mass is 35.5. The van der Waals surface area contributed by atoms with Crippen LogP contribution in [0.4, 0.5) is 13.2 Å². The molecule has 3 rings (SSSR count). The standard InChI is InChI=1S/C18H16ClF2NO4.C10H9FO.C8H13NO4/c1-3-25-17(23)12-6-10(9-22-16(12)18(24)26-4-2)5-11-7-13(19)15(21)8-14(11)20;1-8(7-12)6-9-2-4-10(11)5-3-9;1-3-12-7(10)5-6(9)8(11)13-4-2/h6-9H,3-5H2,1-2H3;2-5,7H,1,6H2;5H,3-4,9H2,1-2H3/b;;6-5-. The predicted octanol–water partition coefficient (Wildman–Crippen LogP) is 6.04. The van der Waals surface area contributed by atoms with Gasteiger partial charge in [-0.3, -0.25) is 4.79 Å². The number of pyridine rings is 1. The summed E-state index contributed by atoms with van der Waals surface area (Å²) in [6, 6.07) is 9.24. The lowest BCUT2D eigenvalue weighted by Crippen LogP contribution is -2.17. The molecule has 0 atom stereocenters. The molecule has 0 bridgehead atoms. The van der Waals surface area contributed by atoms with Crippen LogP contribution in [-0.4, -0.2) is 61.6 Å². The van der Waals surface area contributed by atoms with Gasteiger partial charge in [0.05, 0.1) is 43.1 Å². The number of benzene rings is 2. The Morgan fingerprint density at radius 3 is 1.98 bits per heavy atom. The third-order valence-electron chi connectivity index (χ3n) is 5.97. The molecule has 2 N–H and O–H groups in total. The maximum atomic E-state index is 13.9. The molecular weight excluding hydrogens is 697 g/mol. The molecule has 15 heteroatoms. The molecule has 0 radical (unpaired) electrons. The Hall–Kier alpha value is -5.50. The average molecular weight is 735 g/mol. The number of hydrogen-bond acceptors (Lipinski definition) is 11. The Kier molecular flexibility index (Phi) is 19.6. The number of ether oxygens (including phenoxy) is 4. The van der Waals surface area contributed by atoms with Crippen LogP contribution in [0.15, 0.2) is 72.6 Å². The molecule has 0 aliphatic heterocycles. The molecule has 1 heterocycles. The number of nitrogens with zero attached hydrogens (tertiary/aromatic N) is 1. The number of rotatable bonds is 13. The Morgan fingerprint density at radius 1 is 0.824 bits per heavy atom. The molecule has 1 aromatic heterocycles. The van der Waals surface area contributed by atoms with E-state index >= 15 is 0 Å². The van der Waals surface area contributed by atoms with Crippen LogP contribution in [0, 0.1) is 17.5 Å². The van der Waals surface area contributed by atoms with Gasteiger partial charge in [-0.25, -0.2) is 37.3 Å². The number of carbonyl (C=O) groups excluding carboxylic acids is 5. The van der Waals surface area contributed by atoms with Gasteiger partial charge in [-0.15, -0.1) is 0 Å². The molecule has 274 valence electrons. The van der Waals surface area contributed by atoms with Gasteiger partial charge in [0.2, 0.25) is 0 Å². The van der Waals surface area contributed by atoms with E-state index in [0.29, 0.717) is 29.9 Å². The second-order valence-corrected chi connectivity index (χ2v) is 10.3. The quantitative estimate of drug-likeness (QED) is 0.0717. The monoisotopic (exact) mass is 734 g/mol. The first-order chi connectivity index (χ1) is 24.2. The van der Waals surface area contributed by atoms with Gasteiger partial charge in [-0.2, -0.15) is 0 Å². The predicted molar refractivity (Wildman–Crippen MR) is 181 cm³/mol. The van der Waals surface area contributed by atoms with Crippen molar-refractivity contribution in [2.45, 2.75) is 40.5 Å². The Balaban J connectivity index is 0.000000434. The number of hydrogen-bond donors (Lipinski definition) is 1. The van der Waals surface area contributed by atoms with Crippen molar-refractivity contribution in [1.82, 2.24) is 4.98 Å². The van der Waals surface area contributed by atoms with Crippen LogP contribution in [0.1, 0.15) is 65.2 Å². The average Bonchev–Trinajstić information content (AvgIpc) is 3.09. The second kappa shape index (κ2) is 23.0. The highest BCUT2D eigenvalue weighted by Crippen LogP contribution is 2.23. The number of esters is 4. The van der Waals surface area contributed by atoms with Gasteiger partial charge in [0.25, 0.3) is 0 Å². The molecule has 0 spiro atoms. The van der Waals surface area contributed by atoms with E-state index in [1.165, 1.54) is 24.4 Å². The lowest BCUT2D eigenvalue weighted by molar-refractivity contribution is -0.141. The number of allylic oxidation sites excluding steroid dienone is 1. The summed E-state index contributed by atoms with van der Waals surface area (Å²) in [7, 11) is 0. The normalized spacial score (nSPS) is 10.3. The zero-order valence-electron chi connectivity index (χ0n) is 28.4. The molecule has 0 fully saturated rings. The van der Waals surface area contributed by atoms with Crippen molar-refractivity contribution >= 4 is 41.8 Å². The van der Waals surface area contributed by atoms with E-state index in [9.17, 15) is 37.1 Å². The number of halogens is 4. The van der Waals surface area contributed by atoms with Crippen LogP contribution in [0.25, 0.3) is 0 Å². The van der Waals surface area contributed by atoms with Crippen molar-refractivity contribution in [1.29, 1.82) is 0 Å². The van der Waals surface area contributed by atoms with E-state index in [-0.39, 0.29) is 66.2 Å². The molecule has 0 aliphatic carbocycles. The molecule has 0 amide bonds. The lowest BCUT2D eigenvalue weighted by atomic mass is 10.0. The summed E-state index contributed by atoms with van der Waals surface area (Å²) >= 11 is 5.68. The van der Waals surface area contributed by atoms with Crippen LogP contribution in [0.5, 0.6) is 0 Å². The minimum Gasteiger partial charge on any atom is -0.463 e. The van der Waals surface area contributed by atoms with Gasteiger partial charge in [-0.1, -0.05) is 30.3 Å². The second-order valence-electron chi connectivity index (χ2n) is 9.87. The summed E-state index contributed by atoms with van der Waals surface area (Å²) in [6.07, 6.45) is 3.41. The van der Waals surface area contributed by atoms with E-state index in [1.807, 2.05) is 0 Å². The van der Waals surface area contributed by atoms with Crippen LogP contribution >= 0.6 is 11.6 Å². The van der Waals surface area contributed by atoms with Crippen molar-refractivity contribution < 1.29 is 56.1 Å². The SMILES string of the molecule is C=C(C=O)Cc1ccc(F)cc1.CCOC(=O)/C=C(\N)C(=O)OCC.CCOC(=O)c1cc(Cc2cc(Cl)c(F)cc2F)cnc1C(=O)OCC. The Bertz CT molecular complexity index is 1710. The Labute approximate surface area is 298 Å². The zero-order valence-corrected chi connectivity index (χ0v) is 29.2. The first-order valence-corrected chi connectivity index (χ1v) is 15.7. The summed E-state index contributed by atoms with van der Waals surface area (Å²) in [4.78, 5) is 59.9. The summed E-state index contributed by atoms with van der Waals surface area (Å²) in [5.74, 6) is -4.78. The molecular formula is C36H38ClF3N2O9. The molecule has 0 unspecified atom stereocenters. The number of carbonyl (C=O) groups is 5. The molecule has 2 aromatic carbocycles. The highest BCUT2D eigenvalue weighted by Gasteiger charge is 2.22. The molecule has 11 nitrogen and oxygen atoms in total. The van der Waals surface area contributed by atoms with Gasteiger partial charge in [0.1, 0.15) is 29.4 Å². The summed E-state index contributed by atoms with van der Waals surface area (Å²) in [5, 5.41) is -0.219. The van der Waals surface area contributed by atoms with Crippen molar-refractivity contribution in [3.8, 4) is 0 Å². The third-order valence-corrected chi connectivity index (χ3v) is 6.26. The lowest BCUT2D eigenvalue weighted by Gasteiger charge is -2.10. The van der Waals surface area contributed by atoms with E-state index < -0.39 is 35.5 Å². The molecule has 0 aliphatic rings. The van der Waals surface area contributed by atoms with Gasteiger partial charge < -0.3 is 24.7 Å². The van der Waals surface area contributed by atoms with Crippen molar-refractivity contribution in [3.05, 3.63) is 123 Å². The van der Waals surface area contributed by atoms with Crippen LogP contribution in [0.2, 0.25) is 5.02 Å². The maximum Gasteiger partial charge on any atom is 0.357 e. The van der Waals surface area contributed by atoms with E-state index in [0.717, 1.165) is 17.7 Å². The highest BCUT2D eigenvalue weighted by molar-refractivity contribution is 6.30. The van der Waals surface area contributed by atoms with E-state index in [2.05, 4.69) is 21.0 Å². The van der Waals surface area contributed by atoms with Gasteiger partial charge in [0.15, 0.2) is 5.69 Å². The number of aldehydes is 1. The minimum atomic E-state index is -0.865. The maximum absolute atomic E-state index is 13.9. The van der Waals surface area contributed by atoms with Crippen LogP contribution in [0.3, 0.4) is 0 Å². The smallest absolute Gasteiger partial charge is 0.357 e. The van der Waals surface area contributed by atoms with Crippen LogP contribution in [-0.2, 0) is 46.2 Å². The Morgan fingerprint density at radius 2 is 1.41 bits per heavy atom. The fraction of sp³-hybridized carbons (Fsp3) is 0.278. The fourth-order valence-electron chi connectivity index (χ4n) is 3.74.